The van der Waals surface area contributed by atoms with Crippen molar-refractivity contribution < 1.29 is 9.53 Å². The van der Waals surface area contributed by atoms with Crippen LogP contribution < -0.4 is 0 Å². The Morgan fingerprint density at radius 1 is 1.22 bits per heavy atom. The number of carbonyl (C=O) groups excluding carboxylic acids is 1. The number of carbonyl (C=O) groups is 1. The van der Waals surface area contributed by atoms with Gasteiger partial charge in [-0.05, 0) is 55.9 Å². The van der Waals surface area contributed by atoms with Gasteiger partial charge in [0.25, 0.3) is 0 Å². The molecule has 1 heterocycles. The van der Waals surface area contributed by atoms with Crippen LogP contribution in [0, 0.1) is 0 Å². The Hall–Kier alpha value is -2.88. The van der Waals surface area contributed by atoms with Crippen molar-refractivity contribution in [1.82, 2.24) is 9.97 Å². The van der Waals surface area contributed by atoms with Crippen molar-refractivity contribution in [3.8, 4) is 0 Å². The van der Waals surface area contributed by atoms with Crippen LogP contribution in [0.2, 0.25) is 0 Å². The molecule has 1 aromatic carbocycles. The van der Waals surface area contributed by atoms with E-state index in [-0.39, 0.29) is 5.97 Å². The van der Waals surface area contributed by atoms with E-state index in [2.05, 4.69) is 28.2 Å². The first-order chi connectivity index (χ1) is 12.9. The molecule has 2 aromatic rings. The van der Waals surface area contributed by atoms with Gasteiger partial charge in [-0.25, -0.2) is 4.98 Å². The zero-order valence-corrected chi connectivity index (χ0v) is 16.0. The van der Waals surface area contributed by atoms with E-state index in [1.165, 1.54) is 5.57 Å². The number of hydrogen-bond donors (Lipinski definition) is 1. The molecule has 0 spiro atoms. The minimum atomic E-state index is -1.11. The van der Waals surface area contributed by atoms with Gasteiger partial charge in [-0.2, -0.15) is 0 Å². The monoisotopic (exact) mass is 360 g/mol. The van der Waals surface area contributed by atoms with Crippen molar-refractivity contribution in [2.75, 3.05) is 0 Å². The lowest BCUT2D eigenvalue weighted by atomic mass is 9.76. The molecule has 2 aliphatic carbocycles. The molecule has 0 saturated carbocycles. The van der Waals surface area contributed by atoms with Crippen LogP contribution in [0.5, 0.6) is 0 Å². The Kier molecular flexibility index (Phi) is 4.14. The minimum absolute atomic E-state index is 0.322. The minimum Gasteiger partial charge on any atom is -0.459 e. The summed E-state index contributed by atoms with van der Waals surface area (Å²) in [7, 11) is 0. The van der Waals surface area contributed by atoms with Crippen molar-refractivity contribution in [3.63, 3.8) is 0 Å². The van der Waals surface area contributed by atoms with Crippen molar-refractivity contribution >= 4 is 11.5 Å². The number of hydrogen-bond acceptors (Lipinski definition) is 3. The van der Waals surface area contributed by atoms with Crippen LogP contribution in [0.15, 0.2) is 66.5 Å². The molecule has 0 amide bonds. The van der Waals surface area contributed by atoms with Crippen molar-refractivity contribution in [3.05, 3.63) is 83.5 Å². The second-order valence-corrected chi connectivity index (χ2v) is 8.00. The summed E-state index contributed by atoms with van der Waals surface area (Å²) < 4.78 is 5.88. The Morgan fingerprint density at radius 3 is 2.78 bits per heavy atom. The maximum absolute atomic E-state index is 13.6. The number of aromatic amines is 1. The quantitative estimate of drug-likeness (QED) is 0.789. The normalized spacial score (nSPS) is 21.4. The van der Waals surface area contributed by atoms with Crippen LogP contribution in [-0.4, -0.2) is 21.5 Å². The highest BCUT2D eigenvalue weighted by molar-refractivity contribution is 5.94. The van der Waals surface area contributed by atoms with E-state index in [4.69, 9.17) is 4.74 Å². The highest BCUT2D eigenvalue weighted by atomic mass is 16.6. The topological polar surface area (TPSA) is 55.0 Å². The molecule has 0 aliphatic heterocycles. The molecule has 0 saturated heterocycles. The lowest BCUT2D eigenvalue weighted by molar-refractivity contribution is -0.158. The number of aromatic nitrogens is 2. The molecular formula is C23H24N2O2. The maximum atomic E-state index is 13.6. The largest absolute Gasteiger partial charge is 0.459 e. The van der Waals surface area contributed by atoms with E-state index in [0.717, 1.165) is 29.5 Å². The first kappa shape index (κ1) is 17.5. The fourth-order valence-corrected chi connectivity index (χ4v) is 3.84. The molecule has 1 aromatic heterocycles. The van der Waals surface area contributed by atoms with Gasteiger partial charge >= 0.3 is 5.97 Å². The molecule has 1 N–H and O–H groups in total. The summed E-state index contributed by atoms with van der Waals surface area (Å²) in [5.41, 5.74) is 2.69. The van der Waals surface area contributed by atoms with E-state index in [1.807, 2.05) is 51.1 Å². The van der Waals surface area contributed by atoms with Gasteiger partial charge in [-0.3, -0.25) is 4.79 Å². The predicted molar refractivity (Wildman–Crippen MR) is 106 cm³/mol. The van der Waals surface area contributed by atoms with Crippen LogP contribution in [0.1, 0.15) is 50.6 Å². The molecular weight excluding hydrogens is 336 g/mol. The molecule has 138 valence electrons. The number of imidazole rings is 1. The highest BCUT2D eigenvalue weighted by Gasteiger charge is 2.47. The van der Waals surface area contributed by atoms with Gasteiger partial charge in [0.05, 0.1) is 0 Å². The summed E-state index contributed by atoms with van der Waals surface area (Å²) in [5, 5.41) is 0. The first-order valence-corrected chi connectivity index (χ1v) is 9.34. The average Bonchev–Trinajstić information content (AvgIpc) is 3.12. The third kappa shape index (κ3) is 2.95. The van der Waals surface area contributed by atoms with Gasteiger partial charge in [0, 0.05) is 12.4 Å². The summed E-state index contributed by atoms with van der Waals surface area (Å²) in [6.07, 6.45) is 13.7. The Labute approximate surface area is 159 Å². The fraction of sp³-hybridized carbons (Fsp3) is 0.304. The predicted octanol–water partition coefficient (Wildman–Crippen LogP) is 4.71. The lowest BCUT2D eigenvalue weighted by Crippen LogP contribution is -2.42. The molecule has 27 heavy (non-hydrogen) atoms. The summed E-state index contributed by atoms with van der Waals surface area (Å²) in [5.74, 6) is 0.252. The molecule has 0 bridgehead atoms. The molecule has 1 unspecified atom stereocenters. The smallest absolute Gasteiger partial charge is 0.328 e. The molecule has 2 aliphatic rings. The van der Waals surface area contributed by atoms with Crippen LogP contribution in [0.4, 0.5) is 0 Å². The Morgan fingerprint density at radius 2 is 2.04 bits per heavy atom. The maximum Gasteiger partial charge on any atom is 0.328 e. The van der Waals surface area contributed by atoms with Crippen LogP contribution in [-0.2, 0) is 14.9 Å². The van der Waals surface area contributed by atoms with Crippen LogP contribution in [0.3, 0.4) is 0 Å². The van der Waals surface area contributed by atoms with Gasteiger partial charge in [0.2, 0.25) is 0 Å². The molecule has 0 radical (unpaired) electrons. The first-order valence-electron chi connectivity index (χ1n) is 9.34. The summed E-state index contributed by atoms with van der Waals surface area (Å²) >= 11 is 0. The van der Waals surface area contributed by atoms with E-state index < -0.39 is 11.0 Å². The molecule has 0 fully saturated rings. The lowest BCUT2D eigenvalue weighted by Gasteiger charge is -2.32. The number of fused-ring (bicyclic) bond motifs is 2. The second kappa shape index (κ2) is 6.38. The third-order valence-electron chi connectivity index (χ3n) is 4.99. The van der Waals surface area contributed by atoms with Gasteiger partial charge < -0.3 is 9.72 Å². The van der Waals surface area contributed by atoms with Gasteiger partial charge in [-0.1, -0.05) is 48.6 Å². The standard InChI is InChI=1S/C23H24N2O2/c1-22(2,3)27-21(26)23(20-24-14-15-25-20)13-12-16-8-4-5-9-17(16)18-10-6-7-11-19(18)23/h4,6-8,10-15H,5,9H2,1-3H3,(H,24,25). The number of rotatable bonds is 2. The summed E-state index contributed by atoms with van der Waals surface area (Å²) in [6, 6.07) is 8.10. The molecule has 4 rings (SSSR count). The Balaban J connectivity index is 2.00. The van der Waals surface area contributed by atoms with E-state index >= 15 is 0 Å². The van der Waals surface area contributed by atoms with Gasteiger partial charge in [-0.15, -0.1) is 0 Å². The van der Waals surface area contributed by atoms with E-state index in [9.17, 15) is 4.79 Å². The number of H-pyrrole nitrogens is 1. The zero-order chi connectivity index (χ0) is 19.1. The van der Waals surface area contributed by atoms with Crippen LogP contribution in [0.25, 0.3) is 5.57 Å². The number of esters is 1. The van der Waals surface area contributed by atoms with E-state index in [0.29, 0.717) is 5.82 Å². The number of ether oxygens (including phenoxy) is 1. The van der Waals surface area contributed by atoms with Crippen LogP contribution >= 0.6 is 0 Å². The van der Waals surface area contributed by atoms with Crippen molar-refractivity contribution in [2.24, 2.45) is 0 Å². The molecule has 4 nitrogen and oxygen atoms in total. The highest BCUT2D eigenvalue weighted by Crippen LogP contribution is 2.44. The Bertz CT molecular complexity index is 959. The summed E-state index contributed by atoms with van der Waals surface area (Å²) in [6.45, 7) is 5.66. The SMILES string of the molecule is CC(C)(C)OC(=O)C1(c2ncc[nH]2)C=CC2=C(CCC=C2)c2ccccc21. The second-order valence-electron chi connectivity index (χ2n) is 8.00. The average molecular weight is 360 g/mol. The summed E-state index contributed by atoms with van der Waals surface area (Å²) in [4.78, 5) is 21.2. The van der Waals surface area contributed by atoms with Gasteiger partial charge in [0.15, 0.2) is 5.41 Å². The van der Waals surface area contributed by atoms with Gasteiger partial charge in [0.1, 0.15) is 11.4 Å². The number of nitrogens with one attached hydrogen (secondary N) is 1. The number of benzene rings is 1. The van der Waals surface area contributed by atoms with E-state index in [1.54, 1.807) is 12.4 Å². The number of nitrogens with zero attached hydrogens (tertiary/aromatic N) is 1. The van der Waals surface area contributed by atoms with Crippen molar-refractivity contribution in [1.29, 1.82) is 0 Å². The van der Waals surface area contributed by atoms with Crippen molar-refractivity contribution in [2.45, 2.75) is 44.6 Å². The third-order valence-corrected chi connectivity index (χ3v) is 4.99. The molecule has 1 atom stereocenters. The molecule has 4 heteroatoms. The zero-order valence-electron chi connectivity index (χ0n) is 16.0. The number of allylic oxidation sites excluding steroid dienone is 5. The fourth-order valence-electron chi connectivity index (χ4n) is 3.84.